The van der Waals surface area contributed by atoms with Gasteiger partial charge < -0.3 is 5.73 Å². The van der Waals surface area contributed by atoms with Crippen molar-refractivity contribution in [2.75, 3.05) is 0 Å². The van der Waals surface area contributed by atoms with E-state index >= 15 is 0 Å². The maximum Gasteiger partial charge on any atom is 0.433 e. The summed E-state index contributed by atoms with van der Waals surface area (Å²) in [6.45, 7) is -0.288. The molecule has 0 spiro atoms. The lowest BCUT2D eigenvalue weighted by Gasteiger charge is -2.12. The molecule has 0 unspecified atom stereocenters. The van der Waals surface area contributed by atoms with Gasteiger partial charge in [-0.1, -0.05) is 6.07 Å². The Hall–Kier alpha value is -1.89. The highest BCUT2D eigenvalue weighted by Crippen LogP contribution is 2.33. The summed E-state index contributed by atoms with van der Waals surface area (Å²) < 4.78 is 52.4. The summed E-state index contributed by atoms with van der Waals surface area (Å²) in [6, 6.07) is 4.77. The van der Waals surface area contributed by atoms with Crippen LogP contribution in [-0.4, -0.2) is 9.78 Å². The monoisotopic (exact) mass is 259 g/mol. The van der Waals surface area contributed by atoms with Gasteiger partial charge in [-0.2, -0.15) is 18.3 Å². The van der Waals surface area contributed by atoms with E-state index in [0.29, 0.717) is 4.68 Å². The van der Waals surface area contributed by atoms with Crippen molar-refractivity contribution in [3.8, 4) is 5.69 Å². The molecule has 0 amide bonds. The van der Waals surface area contributed by atoms with Gasteiger partial charge in [0.2, 0.25) is 0 Å². The highest BCUT2D eigenvalue weighted by Gasteiger charge is 2.38. The maximum atomic E-state index is 13.0. The van der Waals surface area contributed by atoms with Crippen molar-refractivity contribution in [3.63, 3.8) is 0 Å². The Morgan fingerprint density at radius 2 is 2.00 bits per heavy atom. The fourth-order valence-corrected chi connectivity index (χ4v) is 1.64. The minimum absolute atomic E-state index is 0.00188. The van der Waals surface area contributed by atoms with Crippen molar-refractivity contribution in [1.82, 2.24) is 9.78 Å². The molecule has 0 fully saturated rings. The van der Waals surface area contributed by atoms with Gasteiger partial charge in [0.15, 0.2) is 5.69 Å². The lowest BCUT2D eigenvalue weighted by molar-refractivity contribution is -0.143. The number of hydrogen-bond donors (Lipinski definition) is 1. The molecule has 96 valence electrons. The Morgan fingerprint density at radius 1 is 1.28 bits per heavy atom. The van der Waals surface area contributed by atoms with E-state index in [2.05, 4.69) is 5.10 Å². The third kappa shape index (κ3) is 2.21. The number of halogens is 4. The van der Waals surface area contributed by atoms with E-state index in [4.69, 9.17) is 5.73 Å². The lowest BCUT2D eigenvalue weighted by Crippen LogP contribution is -2.16. The first-order valence-electron chi connectivity index (χ1n) is 5.03. The summed E-state index contributed by atoms with van der Waals surface area (Å²) in [5, 5.41) is 3.61. The second-order valence-electron chi connectivity index (χ2n) is 3.61. The average Bonchev–Trinajstić information content (AvgIpc) is 2.72. The number of benzene rings is 1. The van der Waals surface area contributed by atoms with Crippen LogP contribution < -0.4 is 5.73 Å². The number of nitrogens with two attached hydrogens (primary N) is 1. The maximum absolute atomic E-state index is 13.0. The molecule has 18 heavy (non-hydrogen) atoms. The molecule has 1 aromatic carbocycles. The van der Waals surface area contributed by atoms with Crippen molar-refractivity contribution >= 4 is 0 Å². The fourth-order valence-electron chi connectivity index (χ4n) is 1.64. The Kier molecular flexibility index (Phi) is 3.08. The van der Waals surface area contributed by atoms with E-state index in [1.807, 2.05) is 0 Å². The number of rotatable bonds is 2. The third-order valence-corrected chi connectivity index (χ3v) is 2.39. The summed E-state index contributed by atoms with van der Waals surface area (Å²) in [4.78, 5) is 0. The molecule has 0 bridgehead atoms. The third-order valence-electron chi connectivity index (χ3n) is 2.39. The predicted octanol–water partition coefficient (Wildman–Crippen LogP) is 2.49. The van der Waals surface area contributed by atoms with Crippen LogP contribution in [0.5, 0.6) is 0 Å². The summed E-state index contributed by atoms with van der Waals surface area (Å²) >= 11 is 0. The van der Waals surface area contributed by atoms with Crippen LogP contribution in [0.25, 0.3) is 5.69 Å². The van der Waals surface area contributed by atoms with Gasteiger partial charge in [-0.25, -0.2) is 9.07 Å². The minimum Gasteiger partial charge on any atom is -0.326 e. The Balaban J connectivity index is 2.62. The van der Waals surface area contributed by atoms with Crippen LogP contribution in [-0.2, 0) is 12.7 Å². The van der Waals surface area contributed by atoms with E-state index in [9.17, 15) is 17.6 Å². The molecule has 0 aliphatic rings. The Morgan fingerprint density at radius 3 is 2.56 bits per heavy atom. The molecule has 2 rings (SSSR count). The number of aromatic nitrogens is 2. The standard InChI is InChI=1S/C11H9F4N3/c12-8-2-1-3-9(4-8)18-10(11(13,14)15)7(5-16)6-17-18/h1-4,6H,5,16H2. The molecule has 0 saturated heterocycles. The molecule has 2 aromatic rings. The van der Waals surface area contributed by atoms with Gasteiger partial charge >= 0.3 is 6.18 Å². The molecule has 1 heterocycles. The van der Waals surface area contributed by atoms with Crippen molar-refractivity contribution in [1.29, 1.82) is 0 Å². The van der Waals surface area contributed by atoms with Crippen LogP contribution in [0.15, 0.2) is 30.5 Å². The number of hydrogen-bond acceptors (Lipinski definition) is 2. The van der Waals surface area contributed by atoms with Gasteiger partial charge in [-0.3, -0.25) is 0 Å². The van der Waals surface area contributed by atoms with Gasteiger partial charge in [-0.15, -0.1) is 0 Å². The van der Waals surface area contributed by atoms with Crippen LogP contribution in [0.2, 0.25) is 0 Å². The van der Waals surface area contributed by atoms with Crippen molar-refractivity contribution < 1.29 is 17.6 Å². The molecule has 2 N–H and O–H groups in total. The van der Waals surface area contributed by atoms with Crippen molar-refractivity contribution in [2.45, 2.75) is 12.7 Å². The van der Waals surface area contributed by atoms with E-state index in [0.717, 1.165) is 18.3 Å². The molecular formula is C11H9F4N3. The van der Waals surface area contributed by atoms with Crippen LogP contribution in [0.1, 0.15) is 11.3 Å². The van der Waals surface area contributed by atoms with Gasteiger partial charge in [0, 0.05) is 12.1 Å². The summed E-state index contributed by atoms with van der Waals surface area (Å²) in [7, 11) is 0. The van der Waals surface area contributed by atoms with E-state index in [1.54, 1.807) is 0 Å². The molecule has 0 saturated carbocycles. The Labute approximate surface area is 99.8 Å². The van der Waals surface area contributed by atoms with Gasteiger partial charge in [0.1, 0.15) is 5.82 Å². The molecule has 0 radical (unpaired) electrons. The number of nitrogens with zero attached hydrogens (tertiary/aromatic N) is 2. The summed E-state index contributed by atoms with van der Waals surface area (Å²) in [5.74, 6) is -0.634. The number of alkyl halides is 3. The van der Waals surface area contributed by atoms with Crippen LogP contribution >= 0.6 is 0 Å². The first kappa shape index (κ1) is 12.6. The molecule has 1 aromatic heterocycles. The van der Waals surface area contributed by atoms with Crippen molar-refractivity contribution in [2.24, 2.45) is 5.73 Å². The molecular weight excluding hydrogens is 250 g/mol. The molecule has 0 aliphatic carbocycles. The van der Waals surface area contributed by atoms with Crippen LogP contribution in [0, 0.1) is 5.82 Å². The largest absolute Gasteiger partial charge is 0.433 e. The summed E-state index contributed by atoms with van der Waals surface area (Å²) in [5.41, 5.74) is 4.13. The van der Waals surface area contributed by atoms with Gasteiger partial charge in [0.05, 0.1) is 11.9 Å². The zero-order chi connectivity index (χ0) is 13.3. The molecule has 7 heteroatoms. The lowest BCUT2D eigenvalue weighted by atomic mass is 10.2. The zero-order valence-electron chi connectivity index (χ0n) is 9.08. The molecule has 3 nitrogen and oxygen atoms in total. The zero-order valence-corrected chi connectivity index (χ0v) is 9.08. The summed E-state index contributed by atoms with van der Waals surface area (Å²) in [6.07, 6.45) is -3.56. The quantitative estimate of drug-likeness (QED) is 0.842. The second-order valence-corrected chi connectivity index (χ2v) is 3.61. The van der Waals surface area contributed by atoms with Crippen LogP contribution in [0.3, 0.4) is 0 Å². The average molecular weight is 259 g/mol. The van der Waals surface area contributed by atoms with E-state index < -0.39 is 17.7 Å². The smallest absolute Gasteiger partial charge is 0.326 e. The molecule has 0 atom stereocenters. The highest BCUT2D eigenvalue weighted by molar-refractivity contribution is 5.36. The minimum atomic E-state index is -4.60. The fraction of sp³-hybridized carbons (Fsp3) is 0.182. The SMILES string of the molecule is NCc1cnn(-c2cccc(F)c2)c1C(F)(F)F. The predicted molar refractivity (Wildman–Crippen MR) is 56.4 cm³/mol. The topological polar surface area (TPSA) is 43.8 Å². The first-order chi connectivity index (χ1) is 8.43. The van der Waals surface area contributed by atoms with E-state index in [1.165, 1.54) is 12.1 Å². The second kappa shape index (κ2) is 4.41. The normalized spacial score (nSPS) is 11.8. The van der Waals surface area contributed by atoms with Crippen molar-refractivity contribution in [3.05, 3.63) is 47.5 Å². The molecule has 0 aliphatic heterocycles. The Bertz CT molecular complexity index is 560. The highest BCUT2D eigenvalue weighted by atomic mass is 19.4. The van der Waals surface area contributed by atoms with Gasteiger partial charge in [0.25, 0.3) is 0 Å². The van der Waals surface area contributed by atoms with E-state index in [-0.39, 0.29) is 17.8 Å². The van der Waals surface area contributed by atoms with Gasteiger partial charge in [-0.05, 0) is 18.2 Å². The first-order valence-corrected chi connectivity index (χ1v) is 5.03. The van der Waals surface area contributed by atoms with Crippen LogP contribution in [0.4, 0.5) is 17.6 Å².